The van der Waals surface area contributed by atoms with Crippen LogP contribution in [0.1, 0.15) is 15.9 Å². The van der Waals surface area contributed by atoms with Crippen molar-refractivity contribution in [2.45, 2.75) is 0 Å². The van der Waals surface area contributed by atoms with E-state index in [2.05, 4.69) is 15.3 Å². The summed E-state index contributed by atoms with van der Waals surface area (Å²) < 4.78 is 0. The summed E-state index contributed by atoms with van der Waals surface area (Å²) in [7, 11) is 0. The number of aromatic nitrogens is 2. The van der Waals surface area contributed by atoms with E-state index in [0.717, 1.165) is 27.7 Å². The third-order valence-electron chi connectivity index (χ3n) is 4.37. The number of benzene rings is 2. The molecule has 1 fully saturated rings. The van der Waals surface area contributed by atoms with Gasteiger partial charge in [0.15, 0.2) is 0 Å². The molecule has 0 atom stereocenters. The summed E-state index contributed by atoms with van der Waals surface area (Å²) in [6.45, 7) is 0.236. The molecule has 0 aliphatic carbocycles. The second kappa shape index (κ2) is 8.10. The number of amides is 3. The first-order valence-electron chi connectivity index (χ1n) is 8.74. The Morgan fingerprint density at radius 1 is 1.24 bits per heavy atom. The number of imide groups is 1. The number of nitrogens with zero attached hydrogens (tertiary/aromatic N) is 2. The van der Waals surface area contributed by atoms with E-state index in [1.54, 1.807) is 54.9 Å². The Morgan fingerprint density at radius 3 is 2.90 bits per heavy atom. The Labute approximate surface area is 175 Å². The molecular formula is C20H15ClN4O3S. The third kappa shape index (κ3) is 4.03. The molecule has 1 aliphatic rings. The molecule has 4 rings (SSSR count). The lowest BCUT2D eigenvalue weighted by atomic mass is 10.2. The summed E-state index contributed by atoms with van der Waals surface area (Å²) in [5, 5.41) is 2.86. The molecule has 29 heavy (non-hydrogen) atoms. The van der Waals surface area contributed by atoms with Gasteiger partial charge < -0.3 is 10.3 Å². The first-order chi connectivity index (χ1) is 14.0. The molecule has 9 heteroatoms. The second-order valence-corrected chi connectivity index (χ2v) is 7.65. The normalized spacial score (nSPS) is 15.5. The molecule has 7 nitrogen and oxygen atoms in total. The fraction of sp³-hybridized carbons (Fsp3) is 0.100. The van der Waals surface area contributed by atoms with E-state index >= 15 is 0 Å². The summed E-state index contributed by atoms with van der Waals surface area (Å²) in [5.74, 6) is -0.687. The van der Waals surface area contributed by atoms with E-state index in [9.17, 15) is 14.4 Å². The van der Waals surface area contributed by atoms with Crippen molar-refractivity contribution >= 4 is 57.5 Å². The number of imidazole rings is 1. The largest absolute Gasteiger partial charge is 0.350 e. The zero-order valence-corrected chi connectivity index (χ0v) is 16.6. The number of thioether (sulfide) groups is 1. The summed E-state index contributed by atoms with van der Waals surface area (Å²) in [4.78, 5) is 45.5. The third-order valence-corrected chi connectivity index (χ3v) is 5.62. The predicted octanol–water partition coefficient (Wildman–Crippen LogP) is 3.68. The van der Waals surface area contributed by atoms with E-state index in [1.165, 1.54) is 0 Å². The number of carbonyl (C=O) groups is 3. The number of nitrogens with one attached hydrogen (secondary N) is 2. The molecular weight excluding hydrogens is 412 g/mol. The van der Waals surface area contributed by atoms with Crippen molar-refractivity contribution in [2.75, 3.05) is 13.1 Å². The molecule has 1 aromatic heterocycles. The maximum atomic E-state index is 12.5. The first kappa shape index (κ1) is 19.2. The fourth-order valence-corrected chi connectivity index (χ4v) is 3.93. The molecule has 0 saturated carbocycles. The number of hydrogen-bond acceptors (Lipinski definition) is 5. The minimum Gasteiger partial charge on any atom is -0.350 e. The van der Waals surface area contributed by atoms with Crippen LogP contribution in [-0.2, 0) is 4.79 Å². The Hall–Kier alpha value is -3.10. The van der Waals surface area contributed by atoms with Gasteiger partial charge in [0.1, 0.15) is 0 Å². The molecule has 2 aromatic carbocycles. The van der Waals surface area contributed by atoms with Gasteiger partial charge in [0.25, 0.3) is 17.1 Å². The van der Waals surface area contributed by atoms with Crippen molar-refractivity contribution in [1.82, 2.24) is 20.2 Å². The zero-order valence-electron chi connectivity index (χ0n) is 15.0. The lowest BCUT2D eigenvalue weighted by molar-refractivity contribution is -0.122. The van der Waals surface area contributed by atoms with Crippen LogP contribution in [0.15, 0.2) is 53.7 Å². The fourth-order valence-electron chi connectivity index (χ4n) is 2.89. The van der Waals surface area contributed by atoms with Crippen LogP contribution in [0.5, 0.6) is 0 Å². The minimum atomic E-state index is -0.395. The van der Waals surface area contributed by atoms with E-state index < -0.39 is 5.91 Å². The van der Waals surface area contributed by atoms with Crippen LogP contribution in [0.25, 0.3) is 17.1 Å². The molecule has 146 valence electrons. The van der Waals surface area contributed by atoms with Crippen molar-refractivity contribution in [2.24, 2.45) is 0 Å². The van der Waals surface area contributed by atoms with Crippen LogP contribution in [0, 0.1) is 0 Å². The topological polar surface area (TPSA) is 95.2 Å². The molecule has 1 aliphatic heterocycles. The number of fused-ring (bicyclic) bond motifs is 1. The number of halogens is 1. The summed E-state index contributed by atoms with van der Waals surface area (Å²) in [6.07, 6.45) is 3.16. The highest BCUT2D eigenvalue weighted by Gasteiger charge is 2.34. The number of aromatic amines is 1. The Morgan fingerprint density at radius 2 is 2.07 bits per heavy atom. The summed E-state index contributed by atoms with van der Waals surface area (Å²) in [5.41, 5.74) is 2.66. The van der Waals surface area contributed by atoms with Crippen molar-refractivity contribution in [3.05, 3.63) is 69.8 Å². The first-order valence-corrected chi connectivity index (χ1v) is 9.93. The minimum absolute atomic E-state index is 0.0859. The van der Waals surface area contributed by atoms with Gasteiger partial charge in [-0.3, -0.25) is 19.3 Å². The highest BCUT2D eigenvalue weighted by atomic mass is 35.5. The molecule has 0 radical (unpaired) electrons. The number of hydrogen-bond donors (Lipinski definition) is 2. The van der Waals surface area contributed by atoms with Gasteiger partial charge in [-0.25, -0.2) is 4.98 Å². The molecule has 3 aromatic rings. The van der Waals surface area contributed by atoms with E-state index in [0.29, 0.717) is 21.1 Å². The van der Waals surface area contributed by atoms with Crippen molar-refractivity contribution < 1.29 is 14.4 Å². The van der Waals surface area contributed by atoms with Crippen LogP contribution in [0.4, 0.5) is 4.79 Å². The Bertz CT molecular complexity index is 1160. The highest BCUT2D eigenvalue weighted by molar-refractivity contribution is 8.18. The highest BCUT2D eigenvalue weighted by Crippen LogP contribution is 2.33. The van der Waals surface area contributed by atoms with Crippen LogP contribution < -0.4 is 5.32 Å². The lowest BCUT2D eigenvalue weighted by Crippen LogP contribution is -2.37. The van der Waals surface area contributed by atoms with Crippen LogP contribution in [-0.4, -0.2) is 45.0 Å². The molecule has 2 N–H and O–H groups in total. The standard InChI is InChI=1S/C20H15ClN4O3S/c21-14-4-2-1-3-12(14)10-17-19(27)25(20(28)29-17)8-7-22-18(26)13-5-6-15-16(9-13)24-11-23-15/h1-6,9-11H,7-8H2,(H,22,26)(H,23,24). The number of H-pyrrole nitrogens is 1. The van der Waals surface area contributed by atoms with Gasteiger partial charge >= 0.3 is 0 Å². The van der Waals surface area contributed by atoms with Gasteiger partial charge in [0.05, 0.1) is 22.3 Å². The predicted molar refractivity (Wildman–Crippen MR) is 113 cm³/mol. The molecule has 0 spiro atoms. The summed E-state index contributed by atoms with van der Waals surface area (Å²) >= 11 is 6.97. The number of carbonyl (C=O) groups excluding carboxylic acids is 3. The van der Waals surface area contributed by atoms with Gasteiger partial charge in [0, 0.05) is 23.7 Å². The van der Waals surface area contributed by atoms with E-state index in [-0.39, 0.29) is 24.2 Å². The van der Waals surface area contributed by atoms with Crippen molar-refractivity contribution in [1.29, 1.82) is 0 Å². The zero-order chi connectivity index (χ0) is 20.4. The summed E-state index contributed by atoms with van der Waals surface area (Å²) in [6, 6.07) is 12.2. The van der Waals surface area contributed by atoms with Gasteiger partial charge in [-0.2, -0.15) is 0 Å². The average Bonchev–Trinajstić information content (AvgIpc) is 3.28. The second-order valence-electron chi connectivity index (χ2n) is 6.25. The van der Waals surface area contributed by atoms with Crippen molar-refractivity contribution in [3.8, 4) is 0 Å². The maximum absolute atomic E-state index is 12.5. The SMILES string of the molecule is O=C(NCCN1C(=O)SC(=Cc2ccccc2Cl)C1=O)c1ccc2nc[nH]c2c1. The molecule has 0 unspecified atom stereocenters. The van der Waals surface area contributed by atoms with Crippen LogP contribution >= 0.6 is 23.4 Å². The average molecular weight is 427 g/mol. The lowest BCUT2D eigenvalue weighted by Gasteiger charge is -2.13. The van der Waals surface area contributed by atoms with Gasteiger partial charge in [0.2, 0.25) is 0 Å². The van der Waals surface area contributed by atoms with Crippen LogP contribution in [0.2, 0.25) is 5.02 Å². The molecule has 0 bridgehead atoms. The van der Waals surface area contributed by atoms with Gasteiger partial charge in [-0.1, -0.05) is 29.8 Å². The quantitative estimate of drug-likeness (QED) is 0.607. The Kier molecular flexibility index (Phi) is 5.37. The van der Waals surface area contributed by atoms with Gasteiger partial charge in [-0.05, 0) is 47.7 Å². The molecule has 3 amide bonds. The maximum Gasteiger partial charge on any atom is 0.293 e. The van der Waals surface area contributed by atoms with Crippen LogP contribution in [0.3, 0.4) is 0 Å². The van der Waals surface area contributed by atoms with Gasteiger partial charge in [-0.15, -0.1) is 0 Å². The molecule has 2 heterocycles. The van der Waals surface area contributed by atoms with E-state index in [1.807, 2.05) is 0 Å². The Balaban J connectivity index is 1.38. The molecule has 1 saturated heterocycles. The van der Waals surface area contributed by atoms with E-state index in [4.69, 9.17) is 11.6 Å². The monoisotopic (exact) mass is 426 g/mol. The number of rotatable bonds is 5. The smallest absolute Gasteiger partial charge is 0.293 e. The van der Waals surface area contributed by atoms with Crippen molar-refractivity contribution in [3.63, 3.8) is 0 Å².